The topological polar surface area (TPSA) is 48.1 Å². The number of nitrogens with two attached hydrogens (primary N) is 1. The first-order valence-corrected chi connectivity index (χ1v) is 7.28. The predicted octanol–water partition coefficient (Wildman–Crippen LogP) is 4.32. The van der Waals surface area contributed by atoms with E-state index in [1.54, 1.807) is 18.4 Å². The molecule has 1 aromatic heterocycles. The number of fused-ring (bicyclic) bond motifs is 1. The molecule has 2 aromatic carbocycles. The van der Waals surface area contributed by atoms with Gasteiger partial charge in [0, 0.05) is 21.8 Å². The lowest BCUT2D eigenvalue weighted by Crippen LogP contribution is -1.91. The van der Waals surface area contributed by atoms with Crippen molar-refractivity contribution in [2.75, 3.05) is 12.8 Å². The van der Waals surface area contributed by atoms with Gasteiger partial charge in [-0.05, 0) is 30.3 Å². The number of thiazole rings is 1. The molecule has 0 radical (unpaired) electrons. The van der Waals surface area contributed by atoms with Crippen LogP contribution in [0.5, 0.6) is 5.75 Å². The zero-order chi connectivity index (χ0) is 13.4. The van der Waals surface area contributed by atoms with E-state index >= 15 is 0 Å². The summed E-state index contributed by atoms with van der Waals surface area (Å²) in [5.74, 6) is 0.755. The van der Waals surface area contributed by atoms with Gasteiger partial charge in [-0.1, -0.05) is 15.9 Å². The van der Waals surface area contributed by atoms with Gasteiger partial charge < -0.3 is 10.5 Å². The number of anilines is 1. The maximum Gasteiger partial charge on any atom is 0.126 e. The number of nitrogens with zero attached hydrogens (tertiary/aromatic N) is 1. The number of aromatic nitrogens is 1. The van der Waals surface area contributed by atoms with Crippen LogP contribution in [-0.2, 0) is 0 Å². The van der Waals surface area contributed by atoms with Crippen LogP contribution in [0.1, 0.15) is 0 Å². The molecule has 0 spiro atoms. The van der Waals surface area contributed by atoms with E-state index in [2.05, 4.69) is 27.0 Å². The lowest BCUT2D eigenvalue weighted by atomic mass is 10.2. The standard InChI is InChI=1S/C14H11BrN2OS/c1-18-9-3-4-10(11(16)7-9)14-17-12-5-2-8(15)6-13(12)19-14/h2-7H,16H2,1H3. The predicted molar refractivity (Wildman–Crippen MR) is 83.7 cm³/mol. The van der Waals surface area contributed by atoms with E-state index in [1.165, 1.54) is 0 Å². The van der Waals surface area contributed by atoms with E-state index in [1.807, 2.05) is 30.3 Å². The molecule has 0 atom stereocenters. The van der Waals surface area contributed by atoms with Gasteiger partial charge in [-0.15, -0.1) is 11.3 Å². The van der Waals surface area contributed by atoms with Gasteiger partial charge in [0.25, 0.3) is 0 Å². The Balaban J connectivity index is 2.13. The summed E-state index contributed by atoms with van der Waals surface area (Å²) in [5.41, 5.74) is 8.66. The van der Waals surface area contributed by atoms with Gasteiger partial charge in [-0.25, -0.2) is 4.98 Å². The third-order valence-electron chi connectivity index (χ3n) is 2.84. The molecule has 1 heterocycles. The lowest BCUT2D eigenvalue weighted by molar-refractivity contribution is 0.415. The third kappa shape index (κ3) is 2.31. The minimum atomic E-state index is 0.678. The van der Waals surface area contributed by atoms with Crippen molar-refractivity contribution >= 4 is 43.2 Å². The van der Waals surface area contributed by atoms with Crippen LogP contribution in [0, 0.1) is 0 Å². The molecule has 0 aliphatic rings. The molecule has 0 saturated heterocycles. The van der Waals surface area contributed by atoms with Gasteiger partial charge in [0.05, 0.1) is 17.3 Å². The van der Waals surface area contributed by atoms with Crippen molar-refractivity contribution in [1.29, 1.82) is 0 Å². The Kier molecular flexibility index (Phi) is 3.16. The number of hydrogen-bond donors (Lipinski definition) is 1. The van der Waals surface area contributed by atoms with Crippen LogP contribution < -0.4 is 10.5 Å². The van der Waals surface area contributed by atoms with Crippen molar-refractivity contribution in [3.8, 4) is 16.3 Å². The number of rotatable bonds is 2. The highest BCUT2D eigenvalue weighted by atomic mass is 79.9. The molecular formula is C14H11BrN2OS. The van der Waals surface area contributed by atoms with E-state index in [9.17, 15) is 0 Å². The summed E-state index contributed by atoms with van der Waals surface area (Å²) in [6.45, 7) is 0. The number of nitrogen functional groups attached to an aromatic ring is 1. The fraction of sp³-hybridized carbons (Fsp3) is 0.0714. The Bertz CT molecular complexity index is 754. The Hall–Kier alpha value is -1.59. The van der Waals surface area contributed by atoms with Gasteiger partial charge in [-0.2, -0.15) is 0 Å². The lowest BCUT2D eigenvalue weighted by Gasteiger charge is -2.04. The fourth-order valence-corrected chi connectivity index (χ4v) is 3.44. The maximum absolute atomic E-state index is 6.06. The van der Waals surface area contributed by atoms with Gasteiger partial charge in [0.15, 0.2) is 0 Å². The van der Waals surface area contributed by atoms with E-state index in [0.29, 0.717) is 5.69 Å². The summed E-state index contributed by atoms with van der Waals surface area (Å²) in [6, 6.07) is 11.7. The normalized spacial score (nSPS) is 10.8. The van der Waals surface area contributed by atoms with Crippen molar-refractivity contribution in [1.82, 2.24) is 4.98 Å². The summed E-state index contributed by atoms with van der Waals surface area (Å²) >= 11 is 5.10. The molecule has 0 fully saturated rings. The highest BCUT2D eigenvalue weighted by Crippen LogP contribution is 2.35. The maximum atomic E-state index is 6.06. The second-order valence-electron chi connectivity index (χ2n) is 4.08. The quantitative estimate of drug-likeness (QED) is 0.710. The minimum absolute atomic E-state index is 0.678. The monoisotopic (exact) mass is 334 g/mol. The molecule has 19 heavy (non-hydrogen) atoms. The molecule has 3 aromatic rings. The first kappa shape index (κ1) is 12.4. The summed E-state index contributed by atoms with van der Waals surface area (Å²) in [6.07, 6.45) is 0. The minimum Gasteiger partial charge on any atom is -0.497 e. The summed E-state index contributed by atoms with van der Waals surface area (Å²) in [7, 11) is 1.63. The van der Waals surface area contributed by atoms with E-state index < -0.39 is 0 Å². The molecule has 2 N–H and O–H groups in total. The van der Waals surface area contributed by atoms with Crippen molar-refractivity contribution in [3.05, 3.63) is 40.9 Å². The van der Waals surface area contributed by atoms with E-state index in [0.717, 1.165) is 31.0 Å². The number of benzene rings is 2. The number of methoxy groups -OCH3 is 1. The summed E-state index contributed by atoms with van der Waals surface area (Å²) in [4.78, 5) is 4.62. The van der Waals surface area contributed by atoms with Gasteiger partial charge in [-0.3, -0.25) is 0 Å². The Morgan fingerprint density at radius 2 is 2.05 bits per heavy atom. The number of ether oxygens (including phenoxy) is 1. The van der Waals surface area contributed by atoms with Crippen LogP contribution in [-0.4, -0.2) is 12.1 Å². The molecular weight excluding hydrogens is 324 g/mol. The highest BCUT2D eigenvalue weighted by molar-refractivity contribution is 9.10. The van der Waals surface area contributed by atoms with E-state index in [-0.39, 0.29) is 0 Å². The van der Waals surface area contributed by atoms with Gasteiger partial charge in [0.2, 0.25) is 0 Å². The second-order valence-corrected chi connectivity index (χ2v) is 6.03. The van der Waals surface area contributed by atoms with Crippen LogP contribution in [0.2, 0.25) is 0 Å². The number of hydrogen-bond acceptors (Lipinski definition) is 4. The molecule has 3 nitrogen and oxygen atoms in total. The molecule has 0 unspecified atom stereocenters. The highest BCUT2D eigenvalue weighted by Gasteiger charge is 2.10. The van der Waals surface area contributed by atoms with Crippen LogP contribution in [0.4, 0.5) is 5.69 Å². The first-order chi connectivity index (χ1) is 9.17. The third-order valence-corrected chi connectivity index (χ3v) is 4.38. The number of halogens is 1. The molecule has 0 amide bonds. The van der Waals surface area contributed by atoms with Crippen LogP contribution >= 0.6 is 27.3 Å². The summed E-state index contributed by atoms with van der Waals surface area (Å²) < 4.78 is 7.35. The molecule has 0 aliphatic heterocycles. The molecule has 0 bridgehead atoms. The molecule has 96 valence electrons. The molecule has 3 rings (SSSR count). The average Bonchev–Trinajstić information content (AvgIpc) is 2.81. The largest absolute Gasteiger partial charge is 0.497 e. The van der Waals surface area contributed by atoms with Crippen LogP contribution in [0.25, 0.3) is 20.8 Å². The van der Waals surface area contributed by atoms with Crippen molar-refractivity contribution in [3.63, 3.8) is 0 Å². The van der Waals surface area contributed by atoms with Crippen molar-refractivity contribution in [2.24, 2.45) is 0 Å². The Morgan fingerprint density at radius 3 is 2.79 bits per heavy atom. The fourth-order valence-electron chi connectivity index (χ4n) is 1.88. The van der Waals surface area contributed by atoms with Crippen molar-refractivity contribution in [2.45, 2.75) is 0 Å². The van der Waals surface area contributed by atoms with Crippen LogP contribution in [0.3, 0.4) is 0 Å². The van der Waals surface area contributed by atoms with Gasteiger partial charge in [0.1, 0.15) is 10.8 Å². The zero-order valence-electron chi connectivity index (χ0n) is 10.2. The second kappa shape index (κ2) is 4.83. The SMILES string of the molecule is COc1ccc(-c2nc3ccc(Br)cc3s2)c(N)c1. The van der Waals surface area contributed by atoms with Crippen LogP contribution in [0.15, 0.2) is 40.9 Å². The Morgan fingerprint density at radius 1 is 1.21 bits per heavy atom. The Labute approximate surface area is 123 Å². The first-order valence-electron chi connectivity index (χ1n) is 5.67. The average molecular weight is 335 g/mol. The van der Waals surface area contributed by atoms with Crippen molar-refractivity contribution < 1.29 is 4.74 Å². The molecule has 5 heteroatoms. The molecule has 0 aliphatic carbocycles. The van der Waals surface area contributed by atoms with E-state index in [4.69, 9.17) is 10.5 Å². The summed E-state index contributed by atoms with van der Waals surface area (Å²) in [5, 5.41) is 0.924. The molecule has 0 saturated carbocycles. The van der Waals surface area contributed by atoms with Gasteiger partial charge >= 0.3 is 0 Å². The smallest absolute Gasteiger partial charge is 0.126 e. The zero-order valence-corrected chi connectivity index (χ0v) is 12.6.